The molecular weight excluding hydrogens is 160 g/mol. The van der Waals surface area contributed by atoms with E-state index < -0.39 is 0 Å². The van der Waals surface area contributed by atoms with Crippen molar-refractivity contribution in [1.29, 1.82) is 0 Å². The molecule has 1 aromatic carbocycles. The zero-order valence-electron chi connectivity index (χ0n) is 5.80. The first kappa shape index (κ1) is 10.1. The third kappa shape index (κ3) is 2.37. The van der Waals surface area contributed by atoms with Crippen molar-refractivity contribution in [2.24, 2.45) is 0 Å². The van der Waals surface area contributed by atoms with Gasteiger partial charge in [0.05, 0.1) is 0 Å². The highest BCUT2D eigenvalue weighted by atomic mass is 35.5. The van der Waals surface area contributed by atoms with Gasteiger partial charge in [-0.05, 0) is 18.6 Å². The second-order valence-electron chi connectivity index (χ2n) is 1.84. The molecule has 0 aliphatic rings. The fraction of sp³-hybridized carbons (Fsp3) is 0.143. The maximum atomic E-state index is 5.13. The van der Waals surface area contributed by atoms with Crippen LogP contribution >= 0.6 is 11.9 Å². The molecule has 0 N–H and O–H groups in total. The van der Waals surface area contributed by atoms with Crippen molar-refractivity contribution in [3.63, 3.8) is 0 Å². The molecular formula is C7H7ClMgO. The van der Waals surface area contributed by atoms with Crippen molar-refractivity contribution in [2.45, 2.75) is 6.92 Å². The van der Waals surface area contributed by atoms with E-state index in [1.165, 1.54) is 0 Å². The van der Waals surface area contributed by atoms with E-state index in [1.807, 2.05) is 31.2 Å². The summed E-state index contributed by atoms with van der Waals surface area (Å²) in [7, 11) is 0. The van der Waals surface area contributed by atoms with Crippen molar-refractivity contribution >= 4 is 34.9 Å². The minimum atomic E-state index is 0. The molecule has 0 atom stereocenters. The van der Waals surface area contributed by atoms with Gasteiger partial charge < -0.3 is 4.29 Å². The molecule has 0 saturated carbocycles. The molecule has 0 heterocycles. The van der Waals surface area contributed by atoms with Gasteiger partial charge in [-0.15, -0.1) is 0 Å². The summed E-state index contributed by atoms with van der Waals surface area (Å²) in [4.78, 5) is 0. The van der Waals surface area contributed by atoms with Gasteiger partial charge in [-0.2, -0.15) is 0 Å². The average Bonchev–Trinajstić information content (AvgIpc) is 1.89. The molecule has 0 spiro atoms. The zero-order chi connectivity index (χ0) is 6.69. The Balaban J connectivity index is 0.000000810. The molecule has 0 aliphatic heterocycles. The number of hydrogen-bond donors (Lipinski definition) is 0. The lowest BCUT2D eigenvalue weighted by atomic mass is 10.2. The van der Waals surface area contributed by atoms with Gasteiger partial charge in [0, 0.05) is 23.1 Å². The van der Waals surface area contributed by atoms with E-state index in [-0.39, 0.29) is 23.1 Å². The fourth-order valence-corrected chi connectivity index (χ4v) is 0.816. The van der Waals surface area contributed by atoms with Crippen LogP contribution in [-0.2, 0) is 0 Å². The Bertz CT molecular complexity index is 203. The van der Waals surface area contributed by atoms with Crippen LogP contribution in [-0.4, -0.2) is 23.1 Å². The number of benzene rings is 1. The molecule has 10 heavy (non-hydrogen) atoms. The molecule has 0 saturated heterocycles. The summed E-state index contributed by atoms with van der Waals surface area (Å²) in [6.07, 6.45) is 0. The molecule has 2 radical (unpaired) electrons. The first-order chi connectivity index (χ1) is 4.34. The van der Waals surface area contributed by atoms with Crippen molar-refractivity contribution in [3.8, 4) is 5.75 Å². The predicted octanol–water partition coefficient (Wildman–Crippen LogP) is 2.15. The van der Waals surface area contributed by atoms with Gasteiger partial charge in [-0.1, -0.05) is 18.2 Å². The highest BCUT2D eigenvalue weighted by Gasteiger charge is 1.92. The van der Waals surface area contributed by atoms with Crippen LogP contribution in [0.5, 0.6) is 5.75 Å². The second kappa shape index (κ2) is 4.83. The van der Waals surface area contributed by atoms with Crippen molar-refractivity contribution in [1.82, 2.24) is 0 Å². The number of hydrogen-bond acceptors (Lipinski definition) is 1. The smallest absolute Gasteiger partial charge is 0.149 e. The second-order valence-corrected chi connectivity index (χ2v) is 2.00. The summed E-state index contributed by atoms with van der Waals surface area (Å²) in [5, 5.41) is 0. The SMILES string of the molecule is Cc1ccccc1OCl.[Mg]. The van der Waals surface area contributed by atoms with E-state index >= 15 is 0 Å². The maximum absolute atomic E-state index is 5.13. The van der Waals surface area contributed by atoms with Crippen molar-refractivity contribution < 1.29 is 4.29 Å². The summed E-state index contributed by atoms with van der Waals surface area (Å²) in [6.45, 7) is 1.94. The van der Waals surface area contributed by atoms with Gasteiger partial charge in [-0.25, -0.2) is 0 Å². The van der Waals surface area contributed by atoms with Crippen molar-refractivity contribution in [2.75, 3.05) is 0 Å². The Morgan fingerprint density at radius 2 is 1.90 bits per heavy atom. The average molecular weight is 167 g/mol. The molecule has 0 aliphatic carbocycles. The van der Waals surface area contributed by atoms with Crippen LogP contribution in [0.2, 0.25) is 0 Å². The number of aryl methyl sites for hydroxylation is 1. The topological polar surface area (TPSA) is 9.23 Å². The summed E-state index contributed by atoms with van der Waals surface area (Å²) in [5.74, 6) is 0.721. The van der Waals surface area contributed by atoms with Gasteiger partial charge in [0.15, 0.2) is 0 Å². The van der Waals surface area contributed by atoms with Gasteiger partial charge in [0.1, 0.15) is 17.6 Å². The highest BCUT2D eigenvalue weighted by Crippen LogP contribution is 2.16. The molecule has 50 valence electrons. The van der Waals surface area contributed by atoms with Crippen LogP contribution in [0.15, 0.2) is 24.3 Å². The molecule has 1 nitrogen and oxygen atoms in total. The number of rotatable bonds is 1. The van der Waals surface area contributed by atoms with Crippen molar-refractivity contribution in [3.05, 3.63) is 29.8 Å². The minimum absolute atomic E-state index is 0. The summed E-state index contributed by atoms with van der Waals surface area (Å²) < 4.78 is 4.52. The van der Waals surface area contributed by atoms with E-state index in [0.29, 0.717) is 0 Å². The normalized spacial score (nSPS) is 8.20. The first-order valence-corrected chi connectivity index (χ1v) is 2.99. The van der Waals surface area contributed by atoms with E-state index in [1.54, 1.807) is 0 Å². The number of para-hydroxylation sites is 1. The zero-order valence-corrected chi connectivity index (χ0v) is 7.97. The Morgan fingerprint density at radius 3 is 2.30 bits per heavy atom. The monoisotopic (exact) mass is 166 g/mol. The lowest BCUT2D eigenvalue weighted by molar-refractivity contribution is 0.613. The third-order valence-corrected chi connectivity index (χ3v) is 1.34. The minimum Gasteiger partial charge on any atom is -0.385 e. The van der Waals surface area contributed by atoms with Gasteiger partial charge in [0.25, 0.3) is 0 Å². The van der Waals surface area contributed by atoms with Crippen LogP contribution in [0, 0.1) is 6.92 Å². The lowest BCUT2D eigenvalue weighted by Crippen LogP contribution is -1.77. The predicted molar refractivity (Wildman–Crippen MR) is 43.4 cm³/mol. The summed E-state index contributed by atoms with van der Waals surface area (Å²) >= 11 is 5.13. The van der Waals surface area contributed by atoms with E-state index in [2.05, 4.69) is 4.29 Å². The molecule has 0 amide bonds. The van der Waals surface area contributed by atoms with Crippen LogP contribution in [0.4, 0.5) is 0 Å². The van der Waals surface area contributed by atoms with Gasteiger partial charge in [-0.3, -0.25) is 0 Å². The largest absolute Gasteiger partial charge is 0.385 e. The molecule has 1 aromatic rings. The van der Waals surface area contributed by atoms with Gasteiger partial charge >= 0.3 is 0 Å². The Kier molecular flexibility index (Phi) is 4.86. The molecule has 1 rings (SSSR count). The molecule has 0 fully saturated rings. The maximum Gasteiger partial charge on any atom is 0.149 e. The van der Waals surface area contributed by atoms with Gasteiger partial charge in [0.2, 0.25) is 0 Å². The molecule has 0 unspecified atom stereocenters. The Morgan fingerprint density at radius 1 is 1.30 bits per heavy atom. The highest BCUT2D eigenvalue weighted by molar-refractivity contribution is 6.09. The molecule has 0 bridgehead atoms. The molecule has 3 heteroatoms. The fourth-order valence-electron chi connectivity index (χ4n) is 0.643. The van der Waals surface area contributed by atoms with Crippen LogP contribution in [0.25, 0.3) is 0 Å². The molecule has 0 aromatic heterocycles. The van der Waals surface area contributed by atoms with E-state index in [4.69, 9.17) is 11.9 Å². The Hall–Kier alpha value is 0.0762. The number of halogens is 1. The summed E-state index contributed by atoms with van der Waals surface area (Å²) in [6, 6.07) is 7.58. The lowest BCUT2D eigenvalue weighted by Gasteiger charge is -1.97. The quantitative estimate of drug-likeness (QED) is 0.582. The van der Waals surface area contributed by atoms with Crippen LogP contribution in [0.3, 0.4) is 0 Å². The van der Waals surface area contributed by atoms with Crippen LogP contribution in [0.1, 0.15) is 5.56 Å². The summed E-state index contributed by atoms with van der Waals surface area (Å²) in [5.41, 5.74) is 1.05. The third-order valence-electron chi connectivity index (χ3n) is 1.18. The van der Waals surface area contributed by atoms with E-state index in [9.17, 15) is 0 Å². The van der Waals surface area contributed by atoms with E-state index in [0.717, 1.165) is 11.3 Å². The Labute approximate surface area is 81.7 Å². The standard InChI is InChI=1S/C7H7ClO.Mg/c1-6-4-2-3-5-7(6)9-8;/h2-5H,1H3;. The first-order valence-electron chi connectivity index (χ1n) is 2.69. The van der Waals surface area contributed by atoms with Crippen LogP contribution < -0.4 is 4.29 Å².